The molecule has 1 aliphatic rings. The highest BCUT2D eigenvalue weighted by Gasteiger charge is 2.22. The van der Waals surface area contributed by atoms with E-state index in [0.717, 1.165) is 37.1 Å². The van der Waals surface area contributed by atoms with Crippen LogP contribution in [0.1, 0.15) is 36.0 Å². The summed E-state index contributed by atoms with van der Waals surface area (Å²) in [6.45, 7) is 1.55. The Bertz CT molecular complexity index is 747. The van der Waals surface area contributed by atoms with Gasteiger partial charge in [0, 0.05) is 37.5 Å². The maximum absolute atomic E-state index is 12.4. The second-order valence-electron chi connectivity index (χ2n) is 6.83. The number of amides is 1. The first-order valence-electron chi connectivity index (χ1n) is 9.31. The van der Waals surface area contributed by atoms with Gasteiger partial charge in [-0.25, -0.2) is 0 Å². The number of piperidine rings is 1. The summed E-state index contributed by atoms with van der Waals surface area (Å²) in [5, 5.41) is 3.24. The topological polar surface area (TPSA) is 49.4 Å². The molecule has 27 heavy (non-hydrogen) atoms. The Morgan fingerprint density at radius 1 is 1.00 bits per heavy atom. The predicted octanol–water partition coefficient (Wildman–Crippen LogP) is 3.95. The summed E-state index contributed by atoms with van der Waals surface area (Å²) in [4.78, 5) is 26.7. The van der Waals surface area contributed by atoms with Crippen molar-refractivity contribution in [2.24, 2.45) is 0 Å². The van der Waals surface area contributed by atoms with Crippen molar-refractivity contribution in [1.29, 1.82) is 0 Å². The van der Waals surface area contributed by atoms with Crippen molar-refractivity contribution in [3.63, 3.8) is 0 Å². The molecule has 1 unspecified atom stereocenters. The molecule has 0 aromatic heterocycles. The van der Waals surface area contributed by atoms with E-state index in [-0.39, 0.29) is 36.9 Å². The number of likely N-dealkylation sites (N-methyl/N-ethyl adjacent to an activating group) is 1. The summed E-state index contributed by atoms with van der Waals surface area (Å²) >= 11 is 0. The van der Waals surface area contributed by atoms with Crippen LogP contribution in [0.3, 0.4) is 0 Å². The maximum Gasteiger partial charge on any atom is 0.223 e. The number of hydrogen-bond acceptors (Lipinski definition) is 3. The van der Waals surface area contributed by atoms with Gasteiger partial charge >= 0.3 is 0 Å². The SMILES string of the molecule is CNC1CCCN(C(=O)CCC(=O)c2ccc(-c3ccccc3)cc2)C1.Cl. The zero-order valence-electron chi connectivity index (χ0n) is 15.7. The van der Waals surface area contributed by atoms with E-state index in [0.29, 0.717) is 11.6 Å². The molecule has 1 N–H and O–H groups in total. The number of nitrogens with zero attached hydrogens (tertiary/aromatic N) is 1. The Morgan fingerprint density at radius 2 is 1.67 bits per heavy atom. The molecule has 0 spiro atoms. The van der Waals surface area contributed by atoms with Crippen LogP contribution >= 0.6 is 12.4 Å². The monoisotopic (exact) mass is 386 g/mol. The fourth-order valence-corrected chi connectivity index (χ4v) is 3.44. The van der Waals surface area contributed by atoms with Crippen LogP contribution in [0, 0.1) is 0 Å². The molecule has 4 nitrogen and oxygen atoms in total. The van der Waals surface area contributed by atoms with Gasteiger partial charge in [0.25, 0.3) is 0 Å². The van der Waals surface area contributed by atoms with Crippen LogP contribution in [0.15, 0.2) is 54.6 Å². The second-order valence-corrected chi connectivity index (χ2v) is 6.83. The predicted molar refractivity (Wildman–Crippen MR) is 111 cm³/mol. The summed E-state index contributed by atoms with van der Waals surface area (Å²) < 4.78 is 0. The quantitative estimate of drug-likeness (QED) is 0.765. The number of Topliss-reactive ketones (excluding diaryl/α,β-unsaturated/α-hetero) is 1. The zero-order chi connectivity index (χ0) is 18.4. The van der Waals surface area contributed by atoms with Gasteiger partial charge in [-0.1, -0.05) is 54.6 Å². The maximum atomic E-state index is 12.4. The van der Waals surface area contributed by atoms with Crippen molar-refractivity contribution in [2.45, 2.75) is 31.7 Å². The minimum absolute atomic E-state index is 0. The van der Waals surface area contributed by atoms with Crippen molar-refractivity contribution in [3.8, 4) is 11.1 Å². The standard InChI is InChI=1S/C22H26N2O2.ClH/c1-23-20-8-5-15-24(16-20)22(26)14-13-21(25)19-11-9-18(10-12-19)17-6-3-2-4-7-17;/h2-4,6-7,9-12,20,23H,5,8,13-16H2,1H3;1H. The van der Waals surface area contributed by atoms with Crippen LogP contribution in [0.2, 0.25) is 0 Å². The van der Waals surface area contributed by atoms with Gasteiger partial charge in [0.2, 0.25) is 5.91 Å². The Balaban J connectivity index is 0.00000261. The highest BCUT2D eigenvalue weighted by atomic mass is 35.5. The summed E-state index contributed by atoms with van der Waals surface area (Å²) in [7, 11) is 1.93. The Hall–Kier alpha value is -2.17. The summed E-state index contributed by atoms with van der Waals surface area (Å²) in [6.07, 6.45) is 2.68. The van der Waals surface area contributed by atoms with Crippen LogP contribution in [0.25, 0.3) is 11.1 Å². The largest absolute Gasteiger partial charge is 0.341 e. The lowest BCUT2D eigenvalue weighted by molar-refractivity contribution is -0.132. The average molecular weight is 387 g/mol. The molecule has 144 valence electrons. The minimum Gasteiger partial charge on any atom is -0.341 e. The van der Waals surface area contributed by atoms with Crippen molar-refractivity contribution in [2.75, 3.05) is 20.1 Å². The fourth-order valence-electron chi connectivity index (χ4n) is 3.44. The van der Waals surface area contributed by atoms with Gasteiger partial charge in [-0.3, -0.25) is 9.59 Å². The number of benzene rings is 2. The smallest absolute Gasteiger partial charge is 0.223 e. The Kier molecular flexibility index (Phi) is 8.01. The van der Waals surface area contributed by atoms with Crippen molar-refractivity contribution < 1.29 is 9.59 Å². The molecule has 0 bridgehead atoms. The summed E-state index contributed by atoms with van der Waals surface area (Å²) in [5.41, 5.74) is 2.89. The normalized spacial score (nSPS) is 16.5. The van der Waals surface area contributed by atoms with Crippen molar-refractivity contribution >= 4 is 24.1 Å². The van der Waals surface area contributed by atoms with Crippen LogP contribution in [-0.4, -0.2) is 42.8 Å². The molecule has 1 atom stereocenters. The molecule has 1 fully saturated rings. The highest BCUT2D eigenvalue weighted by molar-refractivity contribution is 5.98. The van der Waals surface area contributed by atoms with Crippen molar-refractivity contribution in [3.05, 3.63) is 60.2 Å². The van der Waals surface area contributed by atoms with E-state index >= 15 is 0 Å². The lowest BCUT2D eigenvalue weighted by Gasteiger charge is -2.32. The Morgan fingerprint density at radius 3 is 2.33 bits per heavy atom. The first-order chi connectivity index (χ1) is 12.7. The third-order valence-corrected chi connectivity index (χ3v) is 5.06. The molecule has 1 saturated heterocycles. The van der Waals surface area contributed by atoms with Gasteiger partial charge in [-0.2, -0.15) is 0 Å². The number of hydrogen-bond donors (Lipinski definition) is 1. The number of ketones is 1. The number of halogens is 1. The number of carbonyl (C=O) groups excluding carboxylic acids is 2. The molecule has 3 rings (SSSR count). The van der Waals surface area contributed by atoms with Gasteiger partial charge < -0.3 is 10.2 Å². The fraction of sp³-hybridized carbons (Fsp3) is 0.364. The summed E-state index contributed by atoms with van der Waals surface area (Å²) in [5.74, 6) is 0.111. The second kappa shape index (κ2) is 10.2. The van der Waals surface area contributed by atoms with Gasteiger partial charge in [0.05, 0.1) is 0 Å². The number of likely N-dealkylation sites (tertiary alicyclic amines) is 1. The van der Waals surface area contributed by atoms with Crippen LogP contribution in [0.4, 0.5) is 0 Å². The van der Waals surface area contributed by atoms with E-state index in [4.69, 9.17) is 0 Å². The number of carbonyl (C=O) groups is 2. The van der Waals surface area contributed by atoms with Crippen LogP contribution < -0.4 is 5.32 Å². The number of rotatable bonds is 6. The molecule has 2 aromatic carbocycles. The van der Waals surface area contributed by atoms with E-state index < -0.39 is 0 Å². The molecule has 5 heteroatoms. The zero-order valence-corrected chi connectivity index (χ0v) is 16.5. The van der Waals surface area contributed by atoms with E-state index in [1.807, 2.05) is 66.5 Å². The van der Waals surface area contributed by atoms with E-state index in [1.54, 1.807) is 0 Å². The molecule has 1 amide bonds. The van der Waals surface area contributed by atoms with Crippen molar-refractivity contribution in [1.82, 2.24) is 10.2 Å². The van der Waals surface area contributed by atoms with Crippen LogP contribution in [-0.2, 0) is 4.79 Å². The molecular formula is C22H27ClN2O2. The third-order valence-electron chi connectivity index (χ3n) is 5.06. The molecule has 0 aliphatic carbocycles. The third kappa shape index (κ3) is 5.65. The highest BCUT2D eigenvalue weighted by Crippen LogP contribution is 2.20. The van der Waals surface area contributed by atoms with Gasteiger partial charge in [-0.15, -0.1) is 12.4 Å². The van der Waals surface area contributed by atoms with Gasteiger partial charge in [-0.05, 0) is 31.0 Å². The molecule has 1 heterocycles. The van der Waals surface area contributed by atoms with Gasteiger partial charge in [0.1, 0.15) is 0 Å². The lowest BCUT2D eigenvalue weighted by Crippen LogP contribution is -2.47. The minimum atomic E-state index is 0. The van der Waals surface area contributed by atoms with Crippen LogP contribution in [0.5, 0.6) is 0 Å². The first kappa shape index (κ1) is 21.1. The van der Waals surface area contributed by atoms with E-state index in [1.165, 1.54) is 0 Å². The van der Waals surface area contributed by atoms with Gasteiger partial charge in [0.15, 0.2) is 5.78 Å². The Labute approximate surface area is 167 Å². The molecule has 0 radical (unpaired) electrons. The van der Waals surface area contributed by atoms with E-state index in [2.05, 4.69) is 5.32 Å². The lowest BCUT2D eigenvalue weighted by atomic mass is 10.0. The van der Waals surface area contributed by atoms with E-state index in [9.17, 15) is 9.59 Å². The first-order valence-corrected chi connectivity index (χ1v) is 9.31. The summed E-state index contributed by atoms with van der Waals surface area (Å²) in [6, 6.07) is 18.1. The molecule has 0 saturated carbocycles. The average Bonchev–Trinajstić information content (AvgIpc) is 2.72. The molecular weight excluding hydrogens is 360 g/mol. The number of nitrogens with one attached hydrogen (secondary N) is 1. The molecule has 1 aliphatic heterocycles. The molecule has 2 aromatic rings.